The van der Waals surface area contributed by atoms with Crippen LogP contribution in [0, 0.1) is 0 Å². The summed E-state index contributed by atoms with van der Waals surface area (Å²) in [6.07, 6.45) is 0. The molecule has 0 atom stereocenters. The molecular weight excluding hydrogens is 104 g/mol. The highest BCUT2D eigenvalue weighted by atomic mass is 16.5. The van der Waals surface area contributed by atoms with E-state index in [2.05, 4.69) is 5.32 Å². The molecule has 0 aliphatic carbocycles. The lowest BCUT2D eigenvalue weighted by atomic mass is 10.7. The standard InChI is InChI=1S/C5H14N2O/c1-7-3-5-8-4-2-6/h7H,2-6H2,1H3. The van der Waals surface area contributed by atoms with E-state index in [9.17, 15) is 0 Å². The van der Waals surface area contributed by atoms with E-state index in [0.717, 1.165) is 13.2 Å². The highest BCUT2D eigenvalue weighted by molar-refractivity contribution is 4.35. The Morgan fingerprint density at radius 2 is 2.25 bits per heavy atom. The molecule has 0 rings (SSSR count). The first-order valence-corrected chi connectivity index (χ1v) is 2.84. The van der Waals surface area contributed by atoms with Crippen molar-refractivity contribution in [3.63, 3.8) is 0 Å². The van der Waals surface area contributed by atoms with Gasteiger partial charge in [-0.1, -0.05) is 0 Å². The van der Waals surface area contributed by atoms with Crippen LogP contribution in [0.25, 0.3) is 0 Å². The maximum Gasteiger partial charge on any atom is 0.0591 e. The zero-order valence-corrected chi connectivity index (χ0v) is 5.31. The second-order valence-electron chi connectivity index (χ2n) is 1.50. The molecule has 0 heterocycles. The van der Waals surface area contributed by atoms with E-state index in [4.69, 9.17) is 10.5 Å². The predicted molar refractivity (Wildman–Crippen MR) is 33.8 cm³/mol. The summed E-state index contributed by atoms with van der Waals surface area (Å²) >= 11 is 0. The van der Waals surface area contributed by atoms with Crippen molar-refractivity contribution in [1.82, 2.24) is 5.32 Å². The molecule has 8 heavy (non-hydrogen) atoms. The minimum absolute atomic E-state index is 0.615. The van der Waals surface area contributed by atoms with Crippen molar-refractivity contribution in [1.29, 1.82) is 0 Å². The normalized spacial score (nSPS) is 9.75. The van der Waals surface area contributed by atoms with Gasteiger partial charge in [0.1, 0.15) is 0 Å². The smallest absolute Gasteiger partial charge is 0.0591 e. The van der Waals surface area contributed by atoms with Gasteiger partial charge in [0.2, 0.25) is 0 Å². The first-order chi connectivity index (χ1) is 3.91. The molecule has 3 nitrogen and oxygen atoms in total. The molecule has 3 N–H and O–H groups in total. The first kappa shape index (κ1) is 7.88. The molecule has 0 unspecified atom stereocenters. The van der Waals surface area contributed by atoms with Gasteiger partial charge in [0.05, 0.1) is 13.2 Å². The van der Waals surface area contributed by atoms with Crippen LogP contribution in [0.1, 0.15) is 0 Å². The third-order valence-corrected chi connectivity index (χ3v) is 0.759. The number of rotatable bonds is 5. The molecule has 0 spiro atoms. The fourth-order valence-corrected chi connectivity index (χ4v) is 0.360. The van der Waals surface area contributed by atoms with Gasteiger partial charge in [-0.05, 0) is 7.05 Å². The lowest BCUT2D eigenvalue weighted by molar-refractivity contribution is 0.145. The summed E-state index contributed by atoms with van der Waals surface area (Å²) < 4.78 is 5.04. The lowest BCUT2D eigenvalue weighted by Gasteiger charge is -1.98. The van der Waals surface area contributed by atoms with Crippen molar-refractivity contribution in [2.75, 3.05) is 33.4 Å². The Morgan fingerprint density at radius 3 is 2.75 bits per heavy atom. The van der Waals surface area contributed by atoms with E-state index in [0.29, 0.717) is 13.2 Å². The summed E-state index contributed by atoms with van der Waals surface area (Å²) in [5.74, 6) is 0. The molecule has 0 aliphatic rings. The quantitative estimate of drug-likeness (QED) is 0.464. The topological polar surface area (TPSA) is 47.3 Å². The fraction of sp³-hybridized carbons (Fsp3) is 1.00. The average Bonchev–Trinajstić information content (AvgIpc) is 1.81. The van der Waals surface area contributed by atoms with E-state index in [1.165, 1.54) is 0 Å². The molecule has 0 aromatic rings. The second kappa shape index (κ2) is 6.88. The predicted octanol–water partition coefficient (Wildman–Crippen LogP) is -0.819. The van der Waals surface area contributed by atoms with Gasteiger partial charge >= 0.3 is 0 Å². The van der Waals surface area contributed by atoms with Crippen LogP contribution >= 0.6 is 0 Å². The average molecular weight is 118 g/mol. The van der Waals surface area contributed by atoms with Crippen LogP contribution in [-0.4, -0.2) is 33.4 Å². The van der Waals surface area contributed by atoms with Gasteiger partial charge in [-0.15, -0.1) is 0 Å². The van der Waals surface area contributed by atoms with Crippen molar-refractivity contribution in [2.45, 2.75) is 0 Å². The number of nitrogens with one attached hydrogen (secondary N) is 1. The van der Waals surface area contributed by atoms with Crippen LogP contribution in [0.2, 0.25) is 0 Å². The summed E-state index contributed by atoms with van der Waals surface area (Å²) in [6.45, 7) is 2.94. The number of ether oxygens (including phenoxy) is 1. The maximum atomic E-state index is 5.17. The molecule has 3 heteroatoms. The zero-order valence-electron chi connectivity index (χ0n) is 5.31. The molecule has 0 aromatic carbocycles. The molecule has 0 amide bonds. The van der Waals surface area contributed by atoms with Crippen LogP contribution < -0.4 is 11.1 Å². The number of hydrogen-bond donors (Lipinski definition) is 2. The Kier molecular flexibility index (Phi) is 6.78. The molecule has 0 saturated heterocycles. The summed E-state index contributed by atoms with van der Waals surface area (Å²) in [5.41, 5.74) is 5.17. The van der Waals surface area contributed by atoms with E-state index in [1.807, 2.05) is 7.05 Å². The Bertz CT molecular complexity index is 35.4. The molecule has 0 fully saturated rings. The highest BCUT2D eigenvalue weighted by Crippen LogP contribution is 1.67. The molecule has 50 valence electrons. The minimum Gasteiger partial charge on any atom is -0.379 e. The van der Waals surface area contributed by atoms with E-state index < -0.39 is 0 Å². The Labute approximate surface area is 50.2 Å². The fourth-order valence-electron chi connectivity index (χ4n) is 0.360. The first-order valence-electron chi connectivity index (χ1n) is 2.84. The Hall–Kier alpha value is -0.120. The van der Waals surface area contributed by atoms with Gasteiger partial charge in [-0.25, -0.2) is 0 Å². The SMILES string of the molecule is CNCCOCCN. The lowest BCUT2D eigenvalue weighted by Crippen LogP contribution is -2.17. The van der Waals surface area contributed by atoms with Gasteiger partial charge in [0.15, 0.2) is 0 Å². The van der Waals surface area contributed by atoms with E-state index in [-0.39, 0.29) is 0 Å². The largest absolute Gasteiger partial charge is 0.379 e. The van der Waals surface area contributed by atoms with Gasteiger partial charge < -0.3 is 15.8 Å². The molecular formula is C5H14N2O. The zero-order chi connectivity index (χ0) is 6.24. The maximum absolute atomic E-state index is 5.17. The Balaban J connectivity index is 2.53. The van der Waals surface area contributed by atoms with Crippen LogP contribution in [0.3, 0.4) is 0 Å². The molecule has 0 aromatic heterocycles. The van der Waals surface area contributed by atoms with Crippen LogP contribution in [-0.2, 0) is 4.74 Å². The van der Waals surface area contributed by atoms with Crippen molar-refractivity contribution in [2.24, 2.45) is 5.73 Å². The third kappa shape index (κ3) is 5.88. The minimum atomic E-state index is 0.615. The number of likely N-dealkylation sites (N-methyl/N-ethyl adjacent to an activating group) is 1. The van der Waals surface area contributed by atoms with Crippen molar-refractivity contribution < 1.29 is 4.74 Å². The monoisotopic (exact) mass is 118 g/mol. The summed E-state index contributed by atoms with van der Waals surface area (Å²) in [7, 11) is 1.89. The second-order valence-corrected chi connectivity index (χ2v) is 1.50. The van der Waals surface area contributed by atoms with Crippen LogP contribution in [0.4, 0.5) is 0 Å². The number of nitrogens with two attached hydrogens (primary N) is 1. The number of hydrogen-bond acceptors (Lipinski definition) is 3. The van der Waals surface area contributed by atoms with E-state index in [1.54, 1.807) is 0 Å². The van der Waals surface area contributed by atoms with Crippen LogP contribution in [0.15, 0.2) is 0 Å². The summed E-state index contributed by atoms with van der Waals surface area (Å²) in [5, 5.41) is 2.96. The molecule has 0 saturated carbocycles. The molecule has 0 bridgehead atoms. The van der Waals surface area contributed by atoms with Crippen LogP contribution in [0.5, 0.6) is 0 Å². The van der Waals surface area contributed by atoms with E-state index >= 15 is 0 Å². The third-order valence-electron chi connectivity index (χ3n) is 0.759. The van der Waals surface area contributed by atoms with Crippen molar-refractivity contribution in [3.8, 4) is 0 Å². The van der Waals surface area contributed by atoms with Gasteiger partial charge in [-0.2, -0.15) is 0 Å². The molecule has 0 aliphatic heterocycles. The highest BCUT2D eigenvalue weighted by Gasteiger charge is 1.80. The van der Waals surface area contributed by atoms with Crippen molar-refractivity contribution in [3.05, 3.63) is 0 Å². The summed E-state index contributed by atoms with van der Waals surface area (Å²) in [4.78, 5) is 0. The van der Waals surface area contributed by atoms with Gasteiger partial charge in [-0.3, -0.25) is 0 Å². The Morgan fingerprint density at radius 1 is 1.50 bits per heavy atom. The molecule has 0 radical (unpaired) electrons. The van der Waals surface area contributed by atoms with Crippen molar-refractivity contribution >= 4 is 0 Å². The van der Waals surface area contributed by atoms with Gasteiger partial charge in [0.25, 0.3) is 0 Å². The summed E-state index contributed by atoms with van der Waals surface area (Å²) in [6, 6.07) is 0. The van der Waals surface area contributed by atoms with Gasteiger partial charge in [0, 0.05) is 13.1 Å².